The van der Waals surface area contributed by atoms with E-state index < -0.39 is 5.21 Å². The molecule has 0 saturated carbocycles. The van der Waals surface area contributed by atoms with Crippen LogP contribution in [0.25, 0.3) is 36.9 Å². The predicted molar refractivity (Wildman–Crippen MR) is 170 cm³/mol. The van der Waals surface area contributed by atoms with E-state index in [1.165, 1.54) is 11.3 Å². The molecule has 3 heterocycles. The van der Waals surface area contributed by atoms with Crippen LogP contribution in [0.15, 0.2) is 4.47 Å². The van der Waals surface area contributed by atoms with Gasteiger partial charge in [0.25, 0.3) is 0 Å². The molecule has 1 nitrogen and oxygen atoms in total. The Labute approximate surface area is 237 Å². The molecule has 2 aromatic heterocycles. The maximum absolute atomic E-state index is 6.78. The minimum absolute atomic E-state index is 0.119. The second kappa shape index (κ2) is 7.63. The van der Waals surface area contributed by atoms with Crippen molar-refractivity contribution < 1.29 is 0 Å². The van der Waals surface area contributed by atoms with E-state index >= 15 is 0 Å². The van der Waals surface area contributed by atoms with E-state index in [0.29, 0.717) is 46.9 Å². The molecule has 3 aromatic carbocycles. The number of fused-ring (bicyclic) bond motifs is 7. The van der Waals surface area contributed by atoms with E-state index in [1.54, 1.807) is 4.57 Å². The van der Waals surface area contributed by atoms with Crippen LogP contribution in [-0.2, 0) is 5.21 Å². The first kappa shape index (κ1) is 25.0. The van der Waals surface area contributed by atoms with E-state index in [-0.39, 0.29) is 60.2 Å². The molecule has 0 N–H and O–H groups in total. The second-order valence-corrected chi connectivity index (χ2v) is 10.8. The molecule has 6 rings (SSSR count). The first-order chi connectivity index (χ1) is 16.7. The van der Waals surface area contributed by atoms with E-state index in [2.05, 4.69) is 15.9 Å². The van der Waals surface area contributed by atoms with Crippen LogP contribution in [-0.4, -0.2) is 98.7 Å². The van der Waals surface area contributed by atoms with Crippen molar-refractivity contribution in [2.45, 2.75) is 5.21 Å². The molecule has 0 bridgehead atoms. The van der Waals surface area contributed by atoms with Gasteiger partial charge in [-0.3, -0.25) is 0 Å². The molecule has 138 valence electrons. The highest BCUT2D eigenvalue weighted by Gasteiger charge is 2.39. The molecule has 0 unspecified atom stereocenters. The maximum Gasteiger partial charge on any atom is 0.115 e. The molecule has 15 heteroatoms. The van der Waals surface area contributed by atoms with Gasteiger partial charge in [0.1, 0.15) is 78.5 Å². The van der Waals surface area contributed by atoms with Crippen LogP contribution >= 0.6 is 27.3 Å². The predicted octanol–water partition coefficient (Wildman–Crippen LogP) is -6.45. The Morgan fingerprint density at radius 2 is 1.06 bits per heavy atom. The summed E-state index contributed by atoms with van der Waals surface area (Å²) in [5.74, 6) is 0. The zero-order valence-corrected chi connectivity index (χ0v) is 21.1. The molecule has 0 amide bonds. The molecule has 1 aliphatic heterocycles. The Balaban J connectivity index is 2.07. The highest BCUT2D eigenvalue weighted by atomic mass is 79.9. The van der Waals surface area contributed by atoms with Gasteiger partial charge < -0.3 is 4.57 Å². The Morgan fingerprint density at radius 3 is 1.67 bits per heavy atom. The number of thiophene rings is 1. The van der Waals surface area contributed by atoms with Crippen LogP contribution in [0.1, 0.15) is 11.1 Å². The standard InChI is InChI=1S/C21B12BrNS/c22-5-1-16-3(7(24)9(5)26)21(32,33)4-8(25)15(34)12(29)13(30)18(4)35(16)17-2-6(23)10(27)11(28)14(31)19(2)36-20(1)17. The maximum atomic E-state index is 6.78. The highest BCUT2D eigenvalue weighted by Crippen LogP contribution is 2.46. The van der Waals surface area contributed by atoms with Gasteiger partial charge in [-0.05, 0) is 16.3 Å². The van der Waals surface area contributed by atoms with Gasteiger partial charge in [0.2, 0.25) is 0 Å². The van der Waals surface area contributed by atoms with Crippen LogP contribution in [0.2, 0.25) is 0 Å². The van der Waals surface area contributed by atoms with Crippen molar-refractivity contribution in [2.24, 2.45) is 0 Å². The molecule has 0 fully saturated rings. The quantitative estimate of drug-likeness (QED) is 0.184. The lowest BCUT2D eigenvalue weighted by Gasteiger charge is -2.41. The second-order valence-electron chi connectivity index (χ2n) is 8.96. The Bertz CT molecular complexity index is 1890. The number of rotatable bonds is 0. The molecule has 5 aromatic rings. The summed E-state index contributed by atoms with van der Waals surface area (Å²) in [6, 6.07) is 0. The number of benzene rings is 3. The topological polar surface area (TPSA) is 4.93 Å². The van der Waals surface area contributed by atoms with Gasteiger partial charge in [-0.2, -0.15) is 0 Å². The lowest BCUT2D eigenvalue weighted by molar-refractivity contribution is 0.981. The lowest BCUT2D eigenvalue weighted by atomic mass is 9.42. The van der Waals surface area contributed by atoms with Crippen molar-refractivity contribution in [1.29, 1.82) is 0 Å². The molecule has 0 atom stereocenters. The van der Waals surface area contributed by atoms with Crippen LogP contribution < -0.4 is 54.6 Å². The number of nitrogens with zero attached hydrogens (tertiary/aromatic N) is 1. The average molecular weight is 508 g/mol. The van der Waals surface area contributed by atoms with Crippen molar-refractivity contribution in [1.82, 2.24) is 4.57 Å². The molecule has 1 aliphatic rings. The minimum Gasteiger partial charge on any atom is -0.308 e. The van der Waals surface area contributed by atoms with Crippen LogP contribution in [0, 0.1) is 0 Å². The first-order valence-electron chi connectivity index (χ1n) is 10.5. The number of halogens is 1. The van der Waals surface area contributed by atoms with Gasteiger partial charge in [-0.1, -0.05) is 54.2 Å². The van der Waals surface area contributed by atoms with Crippen molar-refractivity contribution in [3.63, 3.8) is 0 Å². The van der Waals surface area contributed by atoms with E-state index in [9.17, 15) is 0 Å². The van der Waals surface area contributed by atoms with Crippen molar-refractivity contribution in [3.05, 3.63) is 15.6 Å². The third kappa shape index (κ3) is 2.68. The summed E-state index contributed by atoms with van der Waals surface area (Å²) in [5, 5.41) is -0.618. The largest absolute Gasteiger partial charge is 0.308 e. The van der Waals surface area contributed by atoms with Gasteiger partial charge in [0, 0.05) is 25.6 Å². The number of hydrogen-bond donors (Lipinski definition) is 0. The van der Waals surface area contributed by atoms with Crippen molar-refractivity contribution in [2.75, 3.05) is 0 Å². The Hall–Kier alpha value is -1.32. The summed E-state index contributed by atoms with van der Waals surface area (Å²) in [4.78, 5) is 0. The smallest absolute Gasteiger partial charge is 0.115 e. The van der Waals surface area contributed by atoms with Crippen molar-refractivity contribution in [3.8, 4) is 5.69 Å². The molecular formula is C21B12BrNS. The summed E-state index contributed by atoms with van der Waals surface area (Å²) in [5.41, 5.74) is 3.96. The fraction of sp³-hybridized carbons (Fsp3) is 0.0476. The monoisotopic (exact) mass is 509 g/mol. The van der Waals surface area contributed by atoms with Gasteiger partial charge in [-0.25, -0.2) is 0 Å². The third-order valence-corrected chi connectivity index (χ3v) is 9.19. The molecule has 36 heavy (non-hydrogen) atoms. The average Bonchev–Trinajstić information content (AvgIpc) is 3.35. The van der Waals surface area contributed by atoms with Crippen LogP contribution in [0.5, 0.6) is 0 Å². The van der Waals surface area contributed by atoms with E-state index in [1.807, 2.05) is 0 Å². The van der Waals surface area contributed by atoms with Crippen molar-refractivity contribution >= 4 is 207 Å². The third-order valence-electron chi connectivity index (χ3n) is 7.11. The molecule has 0 aliphatic carbocycles. The molecule has 0 spiro atoms. The van der Waals surface area contributed by atoms with Gasteiger partial charge in [-0.15, -0.1) is 27.7 Å². The van der Waals surface area contributed by atoms with Crippen LogP contribution in [0.3, 0.4) is 0 Å². The lowest BCUT2D eigenvalue weighted by Crippen LogP contribution is -2.52. The van der Waals surface area contributed by atoms with E-state index in [0.717, 1.165) is 0 Å². The van der Waals surface area contributed by atoms with Gasteiger partial charge >= 0.3 is 0 Å². The van der Waals surface area contributed by atoms with Gasteiger partial charge in [0.15, 0.2) is 0 Å². The fourth-order valence-electron chi connectivity index (χ4n) is 5.33. The Kier molecular flexibility index (Phi) is 5.29. The molecule has 0 saturated heterocycles. The number of hydrogen-bond acceptors (Lipinski definition) is 1. The Morgan fingerprint density at radius 1 is 0.528 bits per heavy atom. The SMILES string of the molecule is [B]c1c([B])c2c(c([B])c1Br)C([B])([B])c1c([B])c([B])c([B])c3c4sc5c([B])c([B])c([B])c([B])c5c4n-2c13. The zero-order chi connectivity index (χ0) is 26.3. The summed E-state index contributed by atoms with van der Waals surface area (Å²) in [6.45, 7) is 0. The molecular weight excluding hydrogens is 508 g/mol. The zero-order valence-electron chi connectivity index (χ0n) is 18.7. The summed E-state index contributed by atoms with van der Waals surface area (Å²) in [6.07, 6.45) is 0. The van der Waals surface area contributed by atoms with Crippen LogP contribution in [0.4, 0.5) is 0 Å². The minimum atomic E-state index is -1.71. The summed E-state index contributed by atoms with van der Waals surface area (Å²) >= 11 is 4.72. The number of aromatic nitrogens is 1. The summed E-state index contributed by atoms with van der Waals surface area (Å²) in [7, 11) is 77.7. The molecule has 24 radical (unpaired) electrons. The van der Waals surface area contributed by atoms with Gasteiger partial charge in [0.05, 0.1) is 31.4 Å². The normalized spacial score (nSPS) is 14.1. The van der Waals surface area contributed by atoms with E-state index in [4.69, 9.17) is 94.2 Å². The fourth-order valence-corrected chi connectivity index (χ4v) is 7.08. The summed E-state index contributed by atoms with van der Waals surface area (Å²) < 4.78 is 3.44. The first-order valence-corrected chi connectivity index (χ1v) is 12.1. The highest BCUT2D eigenvalue weighted by molar-refractivity contribution is 9.10.